The molecule has 0 unspecified atom stereocenters. The monoisotopic (exact) mass is 443 g/mol. The van der Waals surface area contributed by atoms with Crippen molar-refractivity contribution in [2.75, 3.05) is 17.3 Å². The lowest BCUT2D eigenvalue weighted by Gasteiger charge is -2.34. The van der Waals surface area contributed by atoms with Gasteiger partial charge in [-0.2, -0.15) is 0 Å². The van der Waals surface area contributed by atoms with Gasteiger partial charge in [-0.3, -0.25) is 14.5 Å². The molecule has 0 bridgehead atoms. The van der Waals surface area contributed by atoms with Gasteiger partial charge in [0.1, 0.15) is 11.6 Å². The average molecular weight is 444 g/mol. The first-order valence-electron chi connectivity index (χ1n) is 9.48. The van der Waals surface area contributed by atoms with E-state index < -0.39 is 34.5 Å². The molecule has 0 spiro atoms. The summed E-state index contributed by atoms with van der Waals surface area (Å²) < 4.78 is 5.26. The fourth-order valence-electron chi connectivity index (χ4n) is 3.12. The molecule has 0 saturated heterocycles. The molecule has 29 heavy (non-hydrogen) atoms. The fraction of sp³-hybridized carbons (Fsp3) is 0.550. The van der Waals surface area contributed by atoms with Crippen LogP contribution in [0, 0.1) is 0 Å². The minimum Gasteiger partial charge on any atom is -0.444 e. The Bertz CT molecular complexity index is 781. The van der Waals surface area contributed by atoms with Crippen LogP contribution in [0.1, 0.15) is 39.7 Å². The maximum atomic E-state index is 13.4. The summed E-state index contributed by atoms with van der Waals surface area (Å²) in [6, 6.07) is 6.22. The lowest BCUT2D eigenvalue weighted by atomic mass is 10.1. The van der Waals surface area contributed by atoms with E-state index >= 15 is 0 Å². The van der Waals surface area contributed by atoms with Crippen LogP contribution >= 0.6 is 23.2 Å². The quantitative estimate of drug-likeness (QED) is 0.521. The van der Waals surface area contributed by atoms with Gasteiger partial charge in [0, 0.05) is 24.5 Å². The molecule has 160 valence electrons. The van der Waals surface area contributed by atoms with E-state index in [0.717, 1.165) is 5.56 Å². The van der Waals surface area contributed by atoms with Crippen molar-refractivity contribution in [1.82, 2.24) is 10.6 Å². The molecule has 0 aliphatic carbocycles. The summed E-state index contributed by atoms with van der Waals surface area (Å²) in [6.45, 7) is 7.18. The largest absolute Gasteiger partial charge is 0.444 e. The molecule has 2 atom stereocenters. The lowest BCUT2D eigenvalue weighted by Crippen LogP contribution is -2.60. The van der Waals surface area contributed by atoms with E-state index in [1.54, 1.807) is 39.8 Å². The number of fused-ring (bicyclic) bond motifs is 1. The molecule has 1 aromatic carbocycles. The Kier molecular flexibility index (Phi) is 7.40. The third-order valence-electron chi connectivity index (χ3n) is 4.36. The van der Waals surface area contributed by atoms with Crippen molar-refractivity contribution < 1.29 is 19.1 Å². The minimum atomic E-state index is -1.64. The summed E-state index contributed by atoms with van der Waals surface area (Å²) >= 11 is 12.4. The van der Waals surface area contributed by atoms with Gasteiger partial charge < -0.3 is 15.4 Å². The molecule has 0 saturated carbocycles. The SMILES string of the molecule is CC[C@H](NC(=O)OC(C)(C)C)C(=O)N1c2ccccc2C[C@]1(Cl)C(=O)NCCCl. The Balaban J connectivity index is 2.33. The molecule has 1 aromatic rings. The summed E-state index contributed by atoms with van der Waals surface area (Å²) in [5, 5.41) is 5.24. The van der Waals surface area contributed by atoms with E-state index in [4.69, 9.17) is 27.9 Å². The zero-order valence-corrected chi connectivity index (χ0v) is 18.6. The Hall–Kier alpha value is -1.99. The number of hydrogen-bond donors (Lipinski definition) is 2. The summed E-state index contributed by atoms with van der Waals surface area (Å²) in [5.74, 6) is -0.784. The number of hydrogen-bond acceptors (Lipinski definition) is 4. The van der Waals surface area contributed by atoms with Crippen LogP contribution in [0.3, 0.4) is 0 Å². The van der Waals surface area contributed by atoms with Crippen molar-refractivity contribution >= 4 is 46.8 Å². The van der Waals surface area contributed by atoms with Gasteiger partial charge in [-0.1, -0.05) is 36.7 Å². The lowest BCUT2D eigenvalue weighted by molar-refractivity contribution is -0.128. The van der Waals surface area contributed by atoms with E-state index in [2.05, 4.69) is 10.6 Å². The van der Waals surface area contributed by atoms with Gasteiger partial charge in [0.05, 0.1) is 0 Å². The van der Waals surface area contributed by atoms with E-state index in [1.807, 2.05) is 12.1 Å². The maximum absolute atomic E-state index is 13.4. The van der Waals surface area contributed by atoms with E-state index in [1.165, 1.54) is 4.90 Å². The summed E-state index contributed by atoms with van der Waals surface area (Å²) in [7, 11) is 0. The van der Waals surface area contributed by atoms with Crippen LogP contribution in [0.15, 0.2) is 24.3 Å². The number of carbonyl (C=O) groups is 3. The highest BCUT2D eigenvalue weighted by Gasteiger charge is 2.52. The smallest absolute Gasteiger partial charge is 0.408 e. The number of anilines is 1. The normalized spacial score (nSPS) is 19.3. The first kappa shape index (κ1) is 23.3. The van der Waals surface area contributed by atoms with Crippen molar-refractivity contribution in [2.24, 2.45) is 0 Å². The number of ether oxygens (including phenoxy) is 1. The van der Waals surface area contributed by atoms with Crippen LogP contribution in [0.5, 0.6) is 0 Å². The molecular formula is C20H27Cl2N3O4. The number of para-hydroxylation sites is 1. The number of halogens is 2. The van der Waals surface area contributed by atoms with Gasteiger partial charge in [-0.15, -0.1) is 11.6 Å². The second-order valence-corrected chi connectivity index (χ2v) is 8.79. The van der Waals surface area contributed by atoms with Crippen LogP contribution in [0.25, 0.3) is 0 Å². The van der Waals surface area contributed by atoms with Gasteiger partial charge in [0.2, 0.25) is 5.00 Å². The molecule has 1 heterocycles. The number of carbonyl (C=O) groups excluding carboxylic acids is 3. The number of nitrogens with zero attached hydrogens (tertiary/aromatic N) is 1. The van der Waals surface area contributed by atoms with Gasteiger partial charge in [-0.25, -0.2) is 4.79 Å². The molecule has 0 fully saturated rings. The van der Waals surface area contributed by atoms with Crippen molar-refractivity contribution in [3.63, 3.8) is 0 Å². The molecule has 9 heteroatoms. The van der Waals surface area contributed by atoms with Crippen LogP contribution in [-0.4, -0.2) is 47.0 Å². The highest BCUT2D eigenvalue weighted by atomic mass is 35.5. The molecule has 1 aliphatic heterocycles. The summed E-state index contributed by atoms with van der Waals surface area (Å²) in [4.78, 5) is 38.0. The van der Waals surface area contributed by atoms with Crippen LogP contribution in [0.4, 0.5) is 10.5 Å². The predicted molar refractivity (Wildman–Crippen MR) is 113 cm³/mol. The molecule has 7 nitrogen and oxygen atoms in total. The second kappa shape index (κ2) is 9.22. The first-order valence-corrected chi connectivity index (χ1v) is 10.4. The summed E-state index contributed by atoms with van der Waals surface area (Å²) in [5.41, 5.74) is 0.602. The van der Waals surface area contributed by atoms with Crippen molar-refractivity contribution in [3.8, 4) is 0 Å². The topological polar surface area (TPSA) is 87.7 Å². The molecule has 2 rings (SSSR count). The zero-order valence-electron chi connectivity index (χ0n) is 17.1. The van der Waals surface area contributed by atoms with Crippen molar-refractivity contribution in [2.45, 2.75) is 57.2 Å². The van der Waals surface area contributed by atoms with E-state index in [-0.39, 0.29) is 18.8 Å². The fourth-order valence-corrected chi connectivity index (χ4v) is 3.60. The molecule has 2 N–H and O–H groups in total. The maximum Gasteiger partial charge on any atom is 0.408 e. The van der Waals surface area contributed by atoms with Crippen LogP contribution in [-0.2, 0) is 20.7 Å². The van der Waals surface area contributed by atoms with Gasteiger partial charge >= 0.3 is 6.09 Å². The highest BCUT2D eigenvalue weighted by Crippen LogP contribution is 2.42. The predicted octanol–water partition coefficient (Wildman–Crippen LogP) is 3.17. The standard InChI is InChI=1S/C20H27Cl2N3O4/c1-5-14(24-18(28)29-19(2,3)4)16(26)25-15-9-7-6-8-13(15)12-20(25,22)17(27)23-11-10-21/h6-9,14H,5,10-12H2,1-4H3,(H,23,27)(H,24,28)/t14-,20+/m0/s1. The third kappa shape index (κ3) is 5.34. The van der Waals surface area contributed by atoms with Crippen LogP contribution < -0.4 is 15.5 Å². The number of amides is 3. The van der Waals surface area contributed by atoms with Crippen molar-refractivity contribution in [1.29, 1.82) is 0 Å². The Morgan fingerprint density at radius 3 is 2.52 bits per heavy atom. The molecule has 0 radical (unpaired) electrons. The zero-order chi connectivity index (χ0) is 21.8. The first-order chi connectivity index (χ1) is 13.5. The van der Waals surface area contributed by atoms with Gasteiger partial charge in [-0.05, 0) is 38.8 Å². The summed E-state index contributed by atoms with van der Waals surface area (Å²) in [6.07, 6.45) is -0.266. The number of rotatable bonds is 6. The molecule has 0 aromatic heterocycles. The molecule has 1 aliphatic rings. The molecular weight excluding hydrogens is 417 g/mol. The highest BCUT2D eigenvalue weighted by molar-refractivity contribution is 6.39. The average Bonchev–Trinajstić information content (AvgIpc) is 2.95. The third-order valence-corrected chi connectivity index (χ3v) is 5.02. The van der Waals surface area contributed by atoms with Crippen LogP contribution in [0.2, 0.25) is 0 Å². The second-order valence-electron chi connectivity index (χ2n) is 7.79. The Labute approximate surface area is 181 Å². The van der Waals surface area contributed by atoms with E-state index in [9.17, 15) is 14.4 Å². The Morgan fingerprint density at radius 2 is 1.93 bits per heavy atom. The molecule has 3 amide bonds. The number of benzene rings is 1. The van der Waals surface area contributed by atoms with Crippen molar-refractivity contribution in [3.05, 3.63) is 29.8 Å². The van der Waals surface area contributed by atoms with Gasteiger partial charge in [0.15, 0.2) is 0 Å². The minimum absolute atomic E-state index is 0.146. The number of nitrogens with one attached hydrogen (secondary N) is 2. The number of alkyl carbamates (subject to hydrolysis) is 1. The Morgan fingerprint density at radius 1 is 1.28 bits per heavy atom. The number of alkyl halides is 2. The van der Waals surface area contributed by atoms with E-state index in [0.29, 0.717) is 12.1 Å². The van der Waals surface area contributed by atoms with Gasteiger partial charge in [0.25, 0.3) is 11.8 Å².